The van der Waals surface area contributed by atoms with Crippen LogP contribution in [-0.4, -0.2) is 31.3 Å². The third-order valence-corrected chi connectivity index (χ3v) is 5.96. The van der Waals surface area contributed by atoms with E-state index in [0.29, 0.717) is 13.2 Å². The molecule has 1 aromatic carbocycles. The molecule has 0 unspecified atom stereocenters. The quantitative estimate of drug-likeness (QED) is 0.676. The van der Waals surface area contributed by atoms with Gasteiger partial charge in [0.2, 0.25) is 0 Å². The average molecular weight is 395 g/mol. The minimum absolute atomic E-state index is 0.673. The van der Waals surface area contributed by atoms with E-state index < -0.39 is 0 Å². The Kier molecular flexibility index (Phi) is 7.55. The molecule has 0 saturated carbocycles. The first-order chi connectivity index (χ1) is 14.4. The maximum Gasteiger partial charge on any atom is 0.129 e. The van der Waals surface area contributed by atoms with Crippen LogP contribution in [0.1, 0.15) is 60.9 Å². The van der Waals surface area contributed by atoms with E-state index in [4.69, 9.17) is 14.5 Å². The molecule has 0 radical (unpaired) electrons. The molecule has 0 atom stereocenters. The molecule has 156 valence electrons. The zero-order valence-electron chi connectivity index (χ0n) is 17.6. The largest absolute Gasteiger partial charge is 0.377 e. The Morgan fingerprint density at radius 1 is 0.724 bits per heavy atom. The van der Waals surface area contributed by atoms with Crippen LogP contribution in [0, 0.1) is 0 Å². The highest BCUT2D eigenvalue weighted by atomic mass is 16.5. The second-order valence-electron chi connectivity index (χ2n) is 8.31. The number of pyridine rings is 1. The van der Waals surface area contributed by atoms with Crippen LogP contribution in [0.15, 0.2) is 36.4 Å². The highest BCUT2D eigenvalue weighted by Gasteiger charge is 2.15. The van der Waals surface area contributed by atoms with Gasteiger partial charge in [0.1, 0.15) is 5.82 Å². The number of aromatic nitrogens is 1. The van der Waals surface area contributed by atoms with Gasteiger partial charge in [-0.15, -0.1) is 0 Å². The van der Waals surface area contributed by atoms with Crippen molar-refractivity contribution in [2.24, 2.45) is 0 Å². The van der Waals surface area contributed by atoms with E-state index in [9.17, 15) is 0 Å². The van der Waals surface area contributed by atoms with E-state index in [1.165, 1.54) is 41.0 Å². The van der Waals surface area contributed by atoms with Crippen LogP contribution in [0.5, 0.6) is 0 Å². The summed E-state index contributed by atoms with van der Waals surface area (Å²) in [6.45, 7) is 5.26. The number of fused-ring (bicyclic) bond motifs is 3. The van der Waals surface area contributed by atoms with Crippen LogP contribution < -0.4 is 4.90 Å². The number of hydrogen-bond acceptors (Lipinski definition) is 4. The number of ether oxygens (including phenoxy) is 2. The Balaban J connectivity index is 1.42. The number of aryl methyl sites for hydroxylation is 2. The summed E-state index contributed by atoms with van der Waals surface area (Å²) in [6, 6.07) is 13.1. The molecule has 2 aromatic rings. The van der Waals surface area contributed by atoms with Gasteiger partial charge in [0.05, 0.1) is 13.2 Å². The number of benzene rings is 1. The van der Waals surface area contributed by atoms with Gasteiger partial charge in [-0.1, -0.05) is 24.3 Å². The van der Waals surface area contributed by atoms with Crippen LogP contribution in [0.3, 0.4) is 0 Å². The Labute approximate surface area is 175 Å². The van der Waals surface area contributed by atoms with Crippen molar-refractivity contribution in [2.75, 3.05) is 31.2 Å². The Hall–Kier alpha value is -1.91. The predicted molar refractivity (Wildman–Crippen MR) is 117 cm³/mol. The Morgan fingerprint density at radius 3 is 2.07 bits per heavy atom. The molecule has 29 heavy (non-hydrogen) atoms. The topological polar surface area (TPSA) is 34.6 Å². The molecule has 1 fully saturated rings. The molecule has 0 spiro atoms. The van der Waals surface area contributed by atoms with Crippen molar-refractivity contribution in [1.82, 2.24) is 4.98 Å². The molecule has 4 heteroatoms. The lowest BCUT2D eigenvalue weighted by molar-refractivity contribution is 0.104. The molecule has 0 N–H and O–H groups in total. The molecule has 2 bridgehead atoms. The van der Waals surface area contributed by atoms with Crippen molar-refractivity contribution in [1.29, 1.82) is 0 Å². The highest BCUT2D eigenvalue weighted by Crippen LogP contribution is 2.22. The van der Waals surface area contributed by atoms with Gasteiger partial charge in [-0.3, -0.25) is 0 Å². The van der Waals surface area contributed by atoms with Gasteiger partial charge < -0.3 is 14.4 Å². The van der Waals surface area contributed by atoms with Crippen molar-refractivity contribution in [3.05, 3.63) is 58.8 Å². The number of hydrogen-bond donors (Lipinski definition) is 0. The monoisotopic (exact) mass is 394 g/mol. The maximum atomic E-state index is 5.97. The fourth-order valence-corrected chi connectivity index (χ4v) is 4.26. The number of nitrogens with zero attached hydrogens (tertiary/aromatic N) is 2. The normalized spacial score (nSPS) is 19.5. The number of rotatable bonds is 1. The standard InChI is InChI=1S/C25H34N2O2/c1-2-11-23-20-29-16-8-4-12-24-17-21(9-3-7-15-28-19-22(23)10-1)18-25(26-24)27-13-5-6-14-27/h1-2,10-11,17-18H,3-9,12-16,19-20H2. The third-order valence-electron chi connectivity index (χ3n) is 5.96. The summed E-state index contributed by atoms with van der Waals surface area (Å²) in [7, 11) is 0. The molecular formula is C25H34N2O2. The van der Waals surface area contributed by atoms with Gasteiger partial charge in [0.15, 0.2) is 0 Å². The summed E-state index contributed by atoms with van der Waals surface area (Å²) in [4.78, 5) is 7.45. The minimum Gasteiger partial charge on any atom is -0.377 e. The zero-order chi connectivity index (χ0) is 19.7. The summed E-state index contributed by atoms with van der Waals surface area (Å²) < 4.78 is 11.9. The molecule has 2 aliphatic heterocycles. The van der Waals surface area contributed by atoms with Crippen molar-refractivity contribution in [3.63, 3.8) is 0 Å². The molecule has 0 amide bonds. The van der Waals surface area contributed by atoms with Crippen LogP contribution in [0.25, 0.3) is 0 Å². The second-order valence-corrected chi connectivity index (χ2v) is 8.31. The highest BCUT2D eigenvalue weighted by molar-refractivity contribution is 5.43. The van der Waals surface area contributed by atoms with Crippen molar-refractivity contribution in [2.45, 2.75) is 64.6 Å². The first-order valence-electron chi connectivity index (χ1n) is 11.4. The van der Waals surface area contributed by atoms with Gasteiger partial charge in [-0.25, -0.2) is 4.98 Å². The molecule has 1 aromatic heterocycles. The minimum atomic E-state index is 0.673. The van der Waals surface area contributed by atoms with Crippen LogP contribution >= 0.6 is 0 Å². The van der Waals surface area contributed by atoms with E-state index in [1.807, 2.05) is 0 Å². The summed E-state index contributed by atoms with van der Waals surface area (Å²) in [5, 5.41) is 0. The van der Waals surface area contributed by atoms with Gasteiger partial charge in [-0.05, 0) is 80.2 Å². The van der Waals surface area contributed by atoms with Crippen molar-refractivity contribution in [3.8, 4) is 0 Å². The average Bonchev–Trinajstić information content (AvgIpc) is 3.28. The fraction of sp³-hybridized carbons (Fsp3) is 0.560. The van der Waals surface area contributed by atoms with Crippen molar-refractivity contribution >= 4 is 5.82 Å². The maximum absolute atomic E-state index is 5.97. The number of anilines is 1. The van der Waals surface area contributed by atoms with Gasteiger partial charge in [-0.2, -0.15) is 0 Å². The molecule has 0 aliphatic carbocycles. The summed E-state index contributed by atoms with van der Waals surface area (Å²) >= 11 is 0. The van der Waals surface area contributed by atoms with Crippen molar-refractivity contribution < 1.29 is 9.47 Å². The summed E-state index contributed by atoms with van der Waals surface area (Å²) in [5.74, 6) is 1.19. The van der Waals surface area contributed by atoms with Gasteiger partial charge in [0.25, 0.3) is 0 Å². The smallest absolute Gasteiger partial charge is 0.129 e. The zero-order valence-corrected chi connectivity index (χ0v) is 17.6. The van der Waals surface area contributed by atoms with E-state index in [0.717, 1.165) is 64.8 Å². The van der Waals surface area contributed by atoms with Crippen LogP contribution in [-0.2, 0) is 35.5 Å². The lowest BCUT2D eigenvalue weighted by Gasteiger charge is -2.19. The summed E-state index contributed by atoms with van der Waals surface area (Å²) in [6.07, 6.45) is 9.18. The van der Waals surface area contributed by atoms with Gasteiger partial charge >= 0.3 is 0 Å². The first-order valence-corrected chi connectivity index (χ1v) is 11.4. The predicted octanol–water partition coefficient (Wildman–Crippen LogP) is 5.07. The third kappa shape index (κ3) is 6.03. The molecular weight excluding hydrogens is 360 g/mol. The van der Waals surface area contributed by atoms with Crippen LogP contribution in [0.2, 0.25) is 0 Å². The molecule has 1 saturated heterocycles. The molecule has 2 aliphatic rings. The second kappa shape index (κ2) is 10.7. The van der Waals surface area contributed by atoms with E-state index in [2.05, 4.69) is 41.3 Å². The van der Waals surface area contributed by atoms with E-state index in [-0.39, 0.29) is 0 Å². The summed E-state index contributed by atoms with van der Waals surface area (Å²) in [5.41, 5.74) is 5.18. The molecule has 4 rings (SSSR count). The first kappa shape index (κ1) is 20.4. The lowest BCUT2D eigenvalue weighted by Crippen LogP contribution is -2.19. The molecule has 3 heterocycles. The molecule has 4 nitrogen and oxygen atoms in total. The van der Waals surface area contributed by atoms with Crippen LogP contribution in [0.4, 0.5) is 5.82 Å². The van der Waals surface area contributed by atoms with E-state index >= 15 is 0 Å². The van der Waals surface area contributed by atoms with E-state index in [1.54, 1.807) is 0 Å². The fourth-order valence-electron chi connectivity index (χ4n) is 4.26. The Morgan fingerprint density at radius 2 is 1.38 bits per heavy atom. The van der Waals surface area contributed by atoms with Gasteiger partial charge in [0, 0.05) is 32.0 Å². The Bertz CT molecular complexity index is 718. The SMILES string of the molecule is c1ccc2c(c1)COCCCCc1cc(nc(N3CCCC3)c1)CCCCOC2. The lowest BCUT2D eigenvalue weighted by atomic mass is 10.1.